The van der Waals surface area contributed by atoms with E-state index >= 15 is 0 Å². The molecule has 1 aromatic rings. The highest BCUT2D eigenvalue weighted by Gasteiger charge is 2.32. The summed E-state index contributed by atoms with van der Waals surface area (Å²) in [5.74, 6) is -0.194. The first-order chi connectivity index (χ1) is 12.2. The number of thiazole rings is 1. The third kappa shape index (κ3) is 6.77. The molecule has 1 amide bonds. The zero-order chi connectivity index (χ0) is 18.1. The lowest BCUT2D eigenvalue weighted by Gasteiger charge is -2.21. The molecule has 1 heterocycles. The van der Waals surface area contributed by atoms with Crippen molar-refractivity contribution in [3.05, 3.63) is 16.1 Å². The Morgan fingerprint density at radius 1 is 1.20 bits per heavy atom. The lowest BCUT2D eigenvalue weighted by atomic mass is 10.1. The van der Waals surface area contributed by atoms with Gasteiger partial charge >= 0.3 is 5.97 Å². The molecule has 0 unspecified atom stereocenters. The number of aromatic nitrogens is 1. The van der Waals surface area contributed by atoms with Gasteiger partial charge in [0.15, 0.2) is 5.69 Å². The van der Waals surface area contributed by atoms with Gasteiger partial charge < -0.3 is 9.64 Å². The maximum Gasteiger partial charge on any atom is 0.357 e. The van der Waals surface area contributed by atoms with E-state index in [4.69, 9.17) is 0 Å². The molecule has 25 heavy (non-hydrogen) atoms. The van der Waals surface area contributed by atoms with E-state index in [1.54, 1.807) is 5.38 Å². The summed E-state index contributed by atoms with van der Waals surface area (Å²) in [7, 11) is 1.35. The van der Waals surface area contributed by atoms with Gasteiger partial charge in [-0.05, 0) is 19.3 Å². The zero-order valence-corrected chi connectivity index (χ0v) is 16.3. The molecule has 1 aliphatic carbocycles. The van der Waals surface area contributed by atoms with E-state index < -0.39 is 5.97 Å². The lowest BCUT2D eigenvalue weighted by molar-refractivity contribution is -0.132. The van der Waals surface area contributed by atoms with Crippen molar-refractivity contribution >= 4 is 23.2 Å². The molecule has 5 nitrogen and oxygen atoms in total. The van der Waals surface area contributed by atoms with Crippen LogP contribution in [-0.4, -0.2) is 34.9 Å². The maximum atomic E-state index is 12.6. The van der Waals surface area contributed by atoms with Crippen molar-refractivity contribution < 1.29 is 14.3 Å². The van der Waals surface area contributed by atoms with Crippen LogP contribution in [0.4, 0.5) is 0 Å². The molecule has 0 aliphatic heterocycles. The molecule has 1 saturated carbocycles. The van der Waals surface area contributed by atoms with Gasteiger partial charge in [-0.1, -0.05) is 45.4 Å². The predicted molar refractivity (Wildman–Crippen MR) is 99.6 cm³/mol. The average Bonchev–Trinajstić information content (AvgIpc) is 3.35. The quantitative estimate of drug-likeness (QED) is 0.402. The van der Waals surface area contributed by atoms with Crippen molar-refractivity contribution in [3.8, 4) is 0 Å². The summed E-state index contributed by atoms with van der Waals surface area (Å²) in [6.07, 6.45) is 11.3. The van der Waals surface area contributed by atoms with Crippen LogP contribution < -0.4 is 0 Å². The van der Waals surface area contributed by atoms with E-state index in [0.29, 0.717) is 24.7 Å². The SMILES string of the molecule is CCCCCCCCCC(=O)N(Cc1nc(C(=O)OC)cs1)C1CC1. The zero-order valence-electron chi connectivity index (χ0n) is 15.5. The van der Waals surface area contributed by atoms with Crippen LogP contribution in [-0.2, 0) is 16.1 Å². The molecule has 0 aromatic carbocycles. The smallest absolute Gasteiger partial charge is 0.357 e. The number of hydrogen-bond donors (Lipinski definition) is 0. The minimum atomic E-state index is -0.421. The Balaban J connectivity index is 1.75. The van der Waals surface area contributed by atoms with Crippen molar-refractivity contribution in [1.82, 2.24) is 9.88 Å². The van der Waals surface area contributed by atoms with Gasteiger partial charge in [-0.25, -0.2) is 9.78 Å². The number of hydrogen-bond acceptors (Lipinski definition) is 5. The molecule has 0 atom stereocenters. The molecular weight excluding hydrogens is 336 g/mol. The average molecular weight is 367 g/mol. The number of esters is 1. The first-order valence-electron chi connectivity index (χ1n) is 9.48. The van der Waals surface area contributed by atoms with Crippen molar-refractivity contribution in [2.45, 2.75) is 83.7 Å². The minimum absolute atomic E-state index is 0.228. The van der Waals surface area contributed by atoms with Crippen molar-refractivity contribution in [2.24, 2.45) is 0 Å². The van der Waals surface area contributed by atoms with Gasteiger partial charge in [-0.3, -0.25) is 4.79 Å². The summed E-state index contributed by atoms with van der Waals surface area (Å²) in [6, 6.07) is 0.363. The Morgan fingerprint density at radius 3 is 2.52 bits per heavy atom. The largest absolute Gasteiger partial charge is 0.464 e. The van der Waals surface area contributed by atoms with Crippen LogP contribution in [0.5, 0.6) is 0 Å². The highest BCUT2D eigenvalue weighted by molar-refractivity contribution is 7.09. The number of unbranched alkanes of at least 4 members (excludes halogenated alkanes) is 6. The number of carbonyl (C=O) groups excluding carboxylic acids is 2. The van der Waals surface area contributed by atoms with Crippen molar-refractivity contribution in [2.75, 3.05) is 7.11 Å². The molecule has 1 fully saturated rings. The van der Waals surface area contributed by atoms with Crippen LogP contribution in [0.1, 0.15) is 86.6 Å². The number of rotatable bonds is 12. The molecule has 6 heteroatoms. The van der Waals surface area contributed by atoms with E-state index in [0.717, 1.165) is 30.7 Å². The second-order valence-corrected chi connectivity index (χ2v) is 7.68. The lowest BCUT2D eigenvalue weighted by Crippen LogP contribution is -2.32. The molecule has 1 aromatic heterocycles. The molecular formula is C19H30N2O3S. The van der Waals surface area contributed by atoms with Gasteiger partial charge in [0.1, 0.15) is 5.01 Å². The number of nitrogens with zero attached hydrogens (tertiary/aromatic N) is 2. The Hall–Kier alpha value is -1.43. The topological polar surface area (TPSA) is 59.5 Å². The van der Waals surface area contributed by atoms with Gasteiger partial charge in [-0.2, -0.15) is 0 Å². The fourth-order valence-corrected chi connectivity index (χ4v) is 3.67. The molecule has 0 spiro atoms. The van der Waals surface area contributed by atoms with Gasteiger partial charge in [-0.15, -0.1) is 11.3 Å². The van der Waals surface area contributed by atoms with Gasteiger partial charge in [0.2, 0.25) is 5.91 Å². The molecule has 140 valence electrons. The van der Waals surface area contributed by atoms with Crippen molar-refractivity contribution in [3.63, 3.8) is 0 Å². The second kappa shape index (κ2) is 10.5. The molecule has 0 radical (unpaired) electrons. The van der Waals surface area contributed by atoms with E-state index in [1.165, 1.54) is 50.6 Å². The number of carbonyl (C=O) groups is 2. The minimum Gasteiger partial charge on any atom is -0.464 e. The summed E-state index contributed by atoms with van der Waals surface area (Å²) in [5.41, 5.74) is 0.331. The summed E-state index contributed by atoms with van der Waals surface area (Å²) < 4.78 is 4.69. The normalized spacial score (nSPS) is 13.7. The Morgan fingerprint density at radius 2 is 1.88 bits per heavy atom. The monoisotopic (exact) mass is 366 g/mol. The van der Waals surface area contributed by atoms with E-state index in [2.05, 4.69) is 16.6 Å². The summed E-state index contributed by atoms with van der Waals surface area (Å²) in [4.78, 5) is 30.3. The molecule has 0 N–H and O–H groups in total. The predicted octanol–water partition coefficient (Wildman–Crippen LogP) is 4.56. The van der Waals surface area contributed by atoms with E-state index in [1.807, 2.05) is 4.90 Å². The summed E-state index contributed by atoms with van der Waals surface area (Å²) in [6.45, 7) is 2.74. The third-order valence-electron chi connectivity index (χ3n) is 4.55. The molecule has 0 bridgehead atoms. The van der Waals surface area contributed by atoms with Gasteiger partial charge in [0.25, 0.3) is 0 Å². The van der Waals surface area contributed by atoms with Crippen molar-refractivity contribution in [1.29, 1.82) is 0 Å². The Kier molecular flexibility index (Phi) is 8.38. The molecule has 0 saturated heterocycles. The summed E-state index contributed by atoms with van der Waals surface area (Å²) >= 11 is 1.42. The van der Waals surface area contributed by atoms with Crippen LogP contribution in [0, 0.1) is 0 Å². The fourth-order valence-electron chi connectivity index (χ4n) is 2.91. The standard InChI is InChI=1S/C19H30N2O3S/c1-3-4-5-6-7-8-9-10-18(22)21(15-11-12-15)13-17-20-16(14-25-17)19(23)24-2/h14-15H,3-13H2,1-2H3. The molecule has 2 rings (SSSR count). The maximum absolute atomic E-state index is 12.6. The number of amides is 1. The van der Waals surface area contributed by atoms with Gasteiger partial charge in [0.05, 0.1) is 13.7 Å². The third-order valence-corrected chi connectivity index (χ3v) is 5.39. The fraction of sp³-hybridized carbons (Fsp3) is 0.737. The van der Waals surface area contributed by atoms with Crippen LogP contribution in [0.15, 0.2) is 5.38 Å². The van der Waals surface area contributed by atoms with Gasteiger partial charge in [0, 0.05) is 17.8 Å². The number of ether oxygens (including phenoxy) is 1. The highest BCUT2D eigenvalue weighted by atomic mass is 32.1. The van der Waals surface area contributed by atoms with E-state index in [-0.39, 0.29) is 5.91 Å². The van der Waals surface area contributed by atoms with Crippen LogP contribution in [0.2, 0.25) is 0 Å². The Bertz CT molecular complexity index is 555. The first-order valence-corrected chi connectivity index (χ1v) is 10.4. The highest BCUT2D eigenvalue weighted by Crippen LogP contribution is 2.30. The second-order valence-electron chi connectivity index (χ2n) is 6.74. The van der Waals surface area contributed by atoms with E-state index in [9.17, 15) is 9.59 Å². The number of methoxy groups -OCH3 is 1. The first kappa shape index (κ1) is 19.9. The van der Waals surface area contributed by atoms with Crippen LogP contribution >= 0.6 is 11.3 Å². The molecule has 1 aliphatic rings. The van der Waals surface area contributed by atoms with Crippen LogP contribution in [0.3, 0.4) is 0 Å². The Labute approximate surface area is 154 Å². The van der Waals surface area contributed by atoms with Crippen LogP contribution in [0.25, 0.3) is 0 Å². The summed E-state index contributed by atoms with van der Waals surface area (Å²) in [5, 5.41) is 2.51.